The molecule has 198 valence electrons. The Labute approximate surface area is 215 Å². The van der Waals surface area contributed by atoms with Gasteiger partial charge in [-0.15, -0.1) is 0 Å². The molecule has 5 aliphatic rings. The number of ether oxygens (including phenoxy) is 1. The van der Waals surface area contributed by atoms with Crippen molar-refractivity contribution in [2.24, 2.45) is 62.4 Å². The van der Waals surface area contributed by atoms with Crippen molar-refractivity contribution in [3.05, 3.63) is 12.2 Å². The van der Waals surface area contributed by atoms with Crippen molar-refractivity contribution in [1.82, 2.24) is 0 Å². The van der Waals surface area contributed by atoms with Gasteiger partial charge in [-0.25, -0.2) is 0 Å². The zero-order valence-electron chi connectivity index (χ0n) is 23.8. The summed E-state index contributed by atoms with van der Waals surface area (Å²) in [7, 11) is 0. The standard InChI is InChI=1S/C32H53NO2/c1-20(2)22-11-16-32(19-33)18-17-30(7)23(27(22)32)9-10-25-29(6)14-13-26(35-21(3)34)28(4,5)24(29)12-15-31(25,30)8/h22-27H,1,9-19,33H2,2-8H3/t22-,23?,24?,25?,26-,27?,29-,30+,31+,32+/m0/s1. The van der Waals surface area contributed by atoms with Crippen molar-refractivity contribution < 1.29 is 9.53 Å². The van der Waals surface area contributed by atoms with Gasteiger partial charge in [0.05, 0.1) is 0 Å². The normalized spacial score (nSPS) is 52.5. The first-order valence-corrected chi connectivity index (χ1v) is 14.8. The maximum Gasteiger partial charge on any atom is 0.302 e. The number of esters is 1. The number of hydrogen-bond donors (Lipinski definition) is 1. The first-order chi connectivity index (χ1) is 16.3. The third-order valence-corrected chi connectivity index (χ3v) is 13.9. The fourth-order valence-corrected chi connectivity index (χ4v) is 12.0. The van der Waals surface area contributed by atoms with Crippen molar-refractivity contribution >= 4 is 5.97 Å². The molecule has 0 bridgehead atoms. The van der Waals surface area contributed by atoms with Crippen LogP contribution in [0, 0.1) is 56.7 Å². The molecule has 3 nitrogen and oxygen atoms in total. The zero-order valence-corrected chi connectivity index (χ0v) is 23.8. The highest BCUT2D eigenvalue weighted by molar-refractivity contribution is 5.66. The molecule has 0 amide bonds. The van der Waals surface area contributed by atoms with Crippen LogP contribution in [0.5, 0.6) is 0 Å². The lowest BCUT2D eigenvalue weighted by atomic mass is 9.32. The van der Waals surface area contributed by atoms with Gasteiger partial charge in [-0.2, -0.15) is 0 Å². The van der Waals surface area contributed by atoms with Crippen LogP contribution < -0.4 is 5.73 Å². The van der Waals surface area contributed by atoms with E-state index in [0.717, 1.165) is 30.7 Å². The third-order valence-electron chi connectivity index (χ3n) is 13.9. The van der Waals surface area contributed by atoms with E-state index in [9.17, 15) is 4.79 Å². The van der Waals surface area contributed by atoms with Crippen LogP contribution in [-0.2, 0) is 9.53 Å². The molecule has 0 heterocycles. The van der Waals surface area contributed by atoms with Crippen LogP contribution in [0.3, 0.4) is 0 Å². The van der Waals surface area contributed by atoms with E-state index in [1.165, 1.54) is 63.4 Å². The lowest BCUT2D eigenvalue weighted by Gasteiger charge is -2.73. The molecule has 5 fully saturated rings. The SMILES string of the molecule is C=C(C)[C@@H]1CC[C@]2(CN)CC[C@]3(C)C(CCC4[C@@]5(C)CC[C@H](OC(C)=O)C(C)(C)C5CC[C@]43C)C12. The Bertz CT molecular complexity index is 894. The van der Waals surface area contributed by atoms with Crippen molar-refractivity contribution in [1.29, 1.82) is 0 Å². The third kappa shape index (κ3) is 3.28. The van der Waals surface area contributed by atoms with Crippen molar-refractivity contribution in [3.63, 3.8) is 0 Å². The second-order valence-electron chi connectivity index (χ2n) is 15.2. The Morgan fingerprint density at radius 1 is 0.857 bits per heavy atom. The number of carbonyl (C=O) groups excluding carboxylic acids is 1. The fraction of sp³-hybridized carbons (Fsp3) is 0.906. The van der Waals surface area contributed by atoms with Crippen molar-refractivity contribution in [2.45, 2.75) is 119 Å². The minimum atomic E-state index is -0.116. The van der Waals surface area contributed by atoms with Crippen molar-refractivity contribution in [3.8, 4) is 0 Å². The Kier molecular flexibility index (Phi) is 5.96. The lowest BCUT2D eigenvalue weighted by molar-refractivity contribution is -0.249. The van der Waals surface area contributed by atoms with E-state index in [4.69, 9.17) is 10.5 Å². The van der Waals surface area contributed by atoms with Gasteiger partial charge in [0.1, 0.15) is 6.10 Å². The molecular formula is C32H53NO2. The molecule has 35 heavy (non-hydrogen) atoms. The molecule has 5 saturated carbocycles. The second-order valence-corrected chi connectivity index (χ2v) is 15.2. The van der Waals surface area contributed by atoms with Crippen LogP contribution in [0.15, 0.2) is 12.2 Å². The first kappa shape index (κ1) is 25.8. The number of carbonyl (C=O) groups is 1. The summed E-state index contributed by atoms with van der Waals surface area (Å²) >= 11 is 0. The molecule has 0 aromatic rings. The maximum absolute atomic E-state index is 11.9. The Hall–Kier alpha value is -0.830. The van der Waals surface area contributed by atoms with E-state index >= 15 is 0 Å². The number of allylic oxidation sites excluding steroid dienone is 1. The molecule has 0 aromatic carbocycles. The summed E-state index contributed by atoms with van der Waals surface area (Å²) in [5.41, 5.74) is 9.46. The topological polar surface area (TPSA) is 52.3 Å². The van der Waals surface area contributed by atoms with Crippen LogP contribution in [0.4, 0.5) is 0 Å². The highest BCUT2D eigenvalue weighted by Crippen LogP contribution is 2.77. The molecular weight excluding hydrogens is 430 g/mol. The molecule has 5 aliphatic carbocycles. The van der Waals surface area contributed by atoms with Gasteiger partial charge in [0.2, 0.25) is 0 Å². The highest BCUT2D eigenvalue weighted by Gasteiger charge is 2.70. The van der Waals surface area contributed by atoms with E-state index in [-0.39, 0.29) is 17.5 Å². The Morgan fingerprint density at radius 2 is 1.57 bits per heavy atom. The smallest absolute Gasteiger partial charge is 0.302 e. The van der Waals surface area contributed by atoms with E-state index in [0.29, 0.717) is 33.5 Å². The summed E-state index contributed by atoms with van der Waals surface area (Å²) in [4.78, 5) is 11.9. The Balaban J connectivity index is 1.51. The average Bonchev–Trinajstić information content (AvgIpc) is 3.16. The maximum atomic E-state index is 11.9. The summed E-state index contributed by atoms with van der Waals surface area (Å²) < 4.78 is 5.91. The van der Waals surface area contributed by atoms with Gasteiger partial charge in [-0.05, 0) is 129 Å². The largest absolute Gasteiger partial charge is 0.462 e. The van der Waals surface area contributed by atoms with Crippen LogP contribution in [0.2, 0.25) is 0 Å². The van der Waals surface area contributed by atoms with E-state index in [1.54, 1.807) is 6.92 Å². The predicted molar refractivity (Wildman–Crippen MR) is 144 cm³/mol. The second kappa shape index (κ2) is 8.08. The summed E-state index contributed by atoms with van der Waals surface area (Å²) in [5, 5.41) is 0. The minimum absolute atomic E-state index is 0.0372. The molecule has 4 unspecified atom stereocenters. The van der Waals surface area contributed by atoms with Crippen LogP contribution in [0.1, 0.15) is 113 Å². The molecule has 0 radical (unpaired) electrons. The average molecular weight is 484 g/mol. The molecule has 0 spiro atoms. The molecule has 3 heteroatoms. The molecule has 5 rings (SSSR count). The highest BCUT2D eigenvalue weighted by atomic mass is 16.5. The van der Waals surface area contributed by atoms with E-state index in [2.05, 4.69) is 48.1 Å². The monoisotopic (exact) mass is 483 g/mol. The van der Waals surface area contributed by atoms with Gasteiger partial charge in [0.25, 0.3) is 0 Å². The minimum Gasteiger partial charge on any atom is -0.462 e. The van der Waals surface area contributed by atoms with E-state index in [1.807, 2.05) is 0 Å². The summed E-state index contributed by atoms with van der Waals surface area (Å²) in [6, 6.07) is 0. The summed E-state index contributed by atoms with van der Waals surface area (Å²) in [6.45, 7) is 22.0. The van der Waals surface area contributed by atoms with Gasteiger partial charge in [0.15, 0.2) is 0 Å². The number of nitrogens with two attached hydrogens (primary N) is 1. The van der Waals surface area contributed by atoms with Gasteiger partial charge in [0, 0.05) is 12.3 Å². The van der Waals surface area contributed by atoms with Crippen LogP contribution in [-0.4, -0.2) is 18.6 Å². The summed E-state index contributed by atoms with van der Waals surface area (Å²) in [6.07, 6.45) is 12.9. The zero-order chi connectivity index (χ0) is 25.6. The quantitative estimate of drug-likeness (QED) is 0.333. The van der Waals surface area contributed by atoms with E-state index < -0.39 is 0 Å². The van der Waals surface area contributed by atoms with Crippen LogP contribution >= 0.6 is 0 Å². The van der Waals surface area contributed by atoms with Gasteiger partial charge in [-0.1, -0.05) is 46.8 Å². The lowest BCUT2D eigenvalue weighted by Crippen LogP contribution is -2.67. The summed E-state index contributed by atoms with van der Waals surface area (Å²) in [5.74, 6) is 3.41. The molecule has 10 atom stereocenters. The van der Waals surface area contributed by atoms with Crippen LogP contribution in [0.25, 0.3) is 0 Å². The van der Waals surface area contributed by atoms with Gasteiger partial charge < -0.3 is 10.5 Å². The fourth-order valence-electron chi connectivity index (χ4n) is 12.0. The molecule has 2 N–H and O–H groups in total. The molecule has 0 saturated heterocycles. The van der Waals surface area contributed by atoms with Gasteiger partial charge >= 0.3 is 5.97 Å². The Morgan fingerprint density at radius 3 is 2.20 bits per heavy atom. The molecule has 0 aliphatic heterocycles. The number of fused-ring (bicyclic) bond motifs is 7. The van der Waals surface area contributed by atoms with Gasteiger partial charge in [-0.3, -0.25) is 4.79 Å². The predicted octanol–water partition coefficient (Wildman–Crippen LogP) is 7.53. The number of hydrogen-bond acceptors (Lipinski definition) is 3. The number of rotatable bonds is 3. The molecule has 0 aromatic heterocycles. The first-order valence-electron chi connectivity index (χ1n) is 14.8. The van der Waals surface area contributed by atoms with Crippen molar-refractivity contribution in [2.75, 3.05) is 6.54 Å².